The van der Waals surface area contributed by atoms with Crippen LogP contribution in [0.4, 0.5) is 0 Å². The monoisotopic (exact) mass is 820 g/mol. The van der Waals surface area contributed by atoms with Gasteiger partial charge in [-0.15, -0.1) is 0 Å². The first-order valence-corrected chi connectivity index (χ1v) is 22.1. The van der Waals surface area contributed by atoms with E-state index in [4.69, 9.17) is 9.47 Å². The van der Waals surface area contributed by atoms with Crippen LogP contribution in [0.2, 0.25) is 0 Å². The van der Waals surface area contributed by atoms with E-state index in [0.717, 1.165) is 88.3 Å². The summed E-state index contributed by atoms with van der Waals surface area (Å²) < 4.78 is 13.0. The predicted molar refractivity (Wildman–Crippen MR) is 262 cm³/mol. The normalized spacial score (nSPS) is 11.5. The molecule has 8 rings (SSSR count). The lowest BCUT2D eigenvalue weighted by Crippen LogP contribution is -2.12. The van der Waals surface area contributed by atoms with Gasteiger partial charge in [-0.1, -0.05) is 158 Å². The number of benzene rings is 8. The lowest BCUT2D eigenvalue weighted by atomic mass is 9.81. The highest BCUT2D eigenvalue weighted by Gasteiger charge is 2.24. The van der Waals surface area contributed by atoms with Gasteiger partial charge in [-0.2, -0.15) is 0 Å². The zero-order valence-electron chi connectivity index (χ0n) is 37.8. The first-order valence-electron chi connectivity index (χ1n) is 22.1. The molecule has 0 saturated carbocycles. The van der Waals surface area contributed by atoms with E-state index < -0.39 is 0 Å². The first-order chi connectivity index (χ1) is 29.9. The Morgan fingerprint density at radius 1 is 0.484 bits per heavy atom. The van der Waals surface area contributed by atoms with Crippen LogP contribution in [0, 0.1) is 13.8 Å². The maximum atomic E-state index is 12.2. The van der Waals surface area contributed by atoms with Gasteiger partial charge < -0.3 is 19.7 Å². The van der Waals surface area contributed by atoms with Crippen molar-refractivity contribution in [2.75, 3.05) is 13.2 Å². The highest BCUT2D eigenvalue weighted by molar-refractivity contribution is 6.02. The molecule has 0 aliphatic rings. The lowest BCUT2D eigenvalue weighted by Gasteiger charge is -2.24. The van der Waals surface area contributed by atoms with E-state index >= 15 is 0 Å². The molecule has 0 fully saturated rings. The van der Waals surface area contributed by atoms with Gasteiger partial charge in [0.2, 0.25) is 0 Å². The molecule has 0 radical (unpaired) electrons. The highest BCUT2D eigenvalue weighted by atomic mass is 16.5. The molecule has 62 heavy (non-hydrogen) atoms. The van der Waals surface area contributed by atoms with Crippen LogP contribution in [0.15, 0.2) is 146 Å². The maximum absolute atomic E-state index is 12.2. The van der Waals surface area contributed by atoms with Crippen molar-refractivity contribution in [3.8, 4) is 67.5 Å². The summed E-state index contributed by atoms with van der Waals surface area (Å²) in [5.74, 6) is 2.13. The summed E-state index contributed by atoms with van der Waals surface area (Å²) in [4.78, 5) is 0. The van der Waals surface area contributed by atoms with Gasteiger partial charge in [0.15, 0.2) is 0 Å². The number of phenolic OH excluding ortho intramolecular Hbond substituents is 2. The van der Waals surface area contributed by atoms with Crippen LogP contribution < -0.4 is 9.47 Å². The Kier molecular flexibility index (Phi) is 13.1. The van der Waals surface area contributed by atoms with Gasteiger partial charge in [-0.05, 0) is 117 Å². The molecule has 0 heterocycles. The van der Waals surface area contributed by atoms with Gasteiger partial charge in [-0.25, -0.2) is 0 Å². The van der Waals surface area contributed by atoms with Crippen LogP contribution in [0.3, 0.4) is 0 Å². The number of rotatable bonds is 11. The molecule has 8 aromatic rings. The summed E-state index contributed by atoms with van der Waals surface area (Å²) >= 11 is 0. The third kappa shape index (κ3) is 8.79. The van der Waals surface area contributed by atoms with Crippen LogP contribution in [0.5, 0.6) is 23.0 Å². The molecule has 316 valence electrons. The molecular formula is C58H60O4. The van der Waals surface area contributed by atoms with Crippen LogP contribution >= 0.6 is 0 Å². The summed E-state index contributed by atoms with van der Waals surface area (Å²) in [6, 6.07) is 49.7. The second-order valence-corrected chi connectivity index (χ2v) is 17.3. The molecule has 0 amide bonds. The quantitative estimate of drug-likeness (QED) is 0.128. The average molecular weight is 821 g/mol. The Morgan fingerprint density at radius 2 is 0.887 bits per heavy atom. The fraction of sp³-hybridized carbons (Fsp3) is 0.241. The lowest BCUT2D eigenvalue weighted by molar-refractivity contribution is 0.248. The molecule has 8 aromatic carbocycles. The second-order valence-electron chi connectivity index (χ2n) is 17.3. The number of aromatic hydroxyl groups is 2. The Hall–Kier alpha value is -6.52. The molecule has 4 nitrogen and oxygen atoms in total. The number of hydrogen-bond donors (Lipinski definition) is 2. The topological polar surface area (TPSA) is 58.9 Å². The number of para-hydroxylation sites is 2. The van der Waals surface area contributed by atoms with E-state index in [0.29, 0.717) is 31.1 Å². The van der Waals surface area contributed by atoms with Gasteiger partial charge in [0.25, 0.3) is 0 Å². The second kappa shape index (κ2) is 18.6. The van der Waals surface area contributed by atoms with Crippen molar-refractivity contribution in [2.45, 2.75) is 80.1 Å². The van der Waals surface area contributed by atoms with E-state index in [-0.39, 0.29) is 22.8 Å². The van der Waals surface area contributed by atoms with E-state index in [9.17, 15) is 10.2 Å². The molecule has 0 unspecified atom stereocenters. The molecule has 4 heteroatoms. The third-order valence-corrected chi connectivity index (χ3v) is 11.7. The smallest absolute Gasteiger partial charge is 0.131 e. The van der Waals surface area contributed by atoms with E-state index in [1.54, 1.807) is 0 Å². The van der Waals surface area contributed by atoms with Crippen LogP contribution in [-0.4, -0.2) is 23.4 Å². The molecule has 0 aliphatic carbocycles. The first kappa shape index (κ1) is 43.6. The van der Waals surface area contributed by atoms with Crippen molar-refractivity contribution in [1.29, 1.82) is 0 Å². The summed E-state index contributed by atoms with van der Waals surface area (Å²) in [5.41, 5.74) is 11.2. The summed E-state index contributed by atoms with van der Waals surface area (Å²) in [7, 11) is 0. The predicted octanol–water partition coefficient (Wildman–Crippen LogP) is 16.0. The molecule has 2 N–H and O–H groups in total. The van der Waals surface area contributed by atoms with Crippen molar-refractivity contribution < 1.29 is 19.7 Å². The standard InChI is InChI=1S/C56H54O4.C2H6/c1-35(2)40-31-46(54(57)48(32-40)52-36(3)25-27-38-17-8-10-19-42(38)52)44-21-12-14-23-50(44)59-29-16-30-60-51-24-15-13-22-45(51)47-33-41(56(5,6)7)34-49(55(47)58)53-37(4)26-28-39-18-9-11-20-43(39)53;1-2/h8-15,17-28,31-35,57-58H,16,29-30H2,1-7H3;1-2H3. The fourth-order valence-electron chi connectivity index (χ4n) is 8.38. The van der Waals surface area contributed by atoms with Crippen molar-refractivity contribution in [3.05, 3.63) is 168 Å². The molecule has 0 atom stereocenters. The maximum Gasteiger partial charge on any atom is 0.131 e. The van der Waals surface area contributed by atoms with Crippen molar-refractivity contribution >= 4 is 21.5 Å². The molecule has 0 aromatic heterocycles. The number of phenols is 2. The van der Waals surface area contributed by atoms with Crippen molar-refractivity contribution in [1.82, 2.24) is 0 Å². The molecule has 0 saturated heterocycles. The Bertz CT molecular complexity index is 2860. The van der Waals surface area contributed by atoms with E-state index in [1.165, 1.54) is 0 Å². The van der Waals surface area contributed by atoms with Crippen molar-refractivity contribution in [2.24, 2.45) is 0 Å². The highest BCUT2D eigenvalue weighted by Crippen LogP contribution is 2.48. The molecule has 0 spiro atoms. The molecule has 0 bridgehead atoms. The molecule has 0 aliphatic heterocycles. The number of fused-ring (bicyclic) bond motifs is 2. The Labute approximate surface area is 368 Å². The average Bonchev–Trinajstić information content (AvgIpc) is 3.27. The third-order valence-electron chi connectivity index (χ3n) is 11.7. The minimum atomic E-state index is -0.164. The Balaban J connectivity index is 0.00000285. The van der Waals surface area contributed by atoms with Gasteiger partial charge in [0.1, 0.15) is 23.0 Å². The zero-order chi connectivity index (χ0) is 44.1. The summed E-state index contributed by atoms with van der Waals surface area (Å²) in [6.45, 7) is 20.0. The number of hydrogen-bond acceptors (Lipinski definition) is 4. The van der Waals surface area contributed by atoms with E-state index in [1.807, 2.05) is 62.4 Å². The van der Waals surface area contributed by atoms with Crippen molar-refractivity contribution in [3.63, 3.8) is 0 Å². The number of ether oxygens (including phenoxy) is 2. The van der Waals surface area contributed by atoms with Gasteiger partial charge in [0, 0.05) is 39.8 Å². The summed E-state index contributed by atoms with van der Waals surface area (Å²) in [6.07, 6.45) is 0.621. The minimum absolute atomic E-state index is 0.164. The molecular weight excluding hydrogens is 761 g/mol. The van der Waals surface area contributed by atoms with Gasteiger partial charge in [-0.3, -0.25) is 0 Å². The number of aryl methyl sites for hydroxylation is 2. The van der Waals surface area contributed by atoms with E-state index in [2.05, 4.69) is 146 Å². The largest absolute Gasteiger partial charge is 0.507 e. The summed E-state index contributed by atoms with van der Waals surface area (Å²) in [5, 5.41) is 28.8. The SMILES string of the molecule is CC.Cc1ccc2ccccc2c1-c1cc(C(C)C)cc(-c2ccccc2OCCCOc2ccccc2-c2cc(C(C)(C)C)cc(-c3c(C)ccc4ccccc34)c2O)c1O. The minimum Gasteiger partial charge on any atom is -0.507 e. The van der Waals surface area contributed by atoms with Crippen LogP contribution in [-0.2, 0) is 5.41 Å². The van der Waals surface area contributed by atoms with Crippen LogP contribution in [0.1, 0.15) is 83.1 Å². The van der Waals surface area contributed by atoms with Gasteiger partial charge >= 0.3 is 0 Å². The van der Waals surface area contributed by atoms with Gasteiger partial charge in [0.05, 0.1) is 13.2 Å². The fourth-order valence-corrected chi connectivity index (χ4v) is 8.38. The Morgan fingerprint density at radius 3 is 1.37 bits per heavy atom. The van der Waals surface area contributed by atoms with Crippen LogP contribution in [0.25, 0.3) is 66.1 Å². The zero-order valence-corrected chi connectivity index (χ0v) is 37.8.